The van der Waals surface area contributed by atoms with Crippen LogP contribution < -0.4 is 10.6 Å². The summed E-state index contributed by atoms with van der Waals surface area (Å²) < 4.78 is 4.90. The lowest BCUT2D eigenvalue weighted by Gasteiger charge is -2.11. The molecule has 25 heavy (non-hydrogen) atoms. The molecular formula is C18H20N2O3S2. The fraction of sp³-hybridized carbons (Fsp3) is 0.333. The van der Waals surface area contributed by atoms with E-state index in [0.717, 1.165) is 35.4 Å². The standard InChI is InChI=1S/C18H20N2O3S2/c1-23-18(22)16-11-6-5-9-13(11)25-17(16)20-15(21)10-19-12-7-3-4-8-14(12)24-2/h3-4,7-8,19H,5-6,9-10H2,1-2H3,(H,20,21). The van der Waals surface area contributed by atoms with Crippen molar-refractivity contribution in [1.82, 2.24) is 0 Å². The largest absolute Gasteiger partial charge is 0.465 e. The minimum Gasteiger partial charge on any atom is -0.465 e. The van der Waals surface area contributed by atoms with E-state index in [4.69, 9.17) is 4.74 Å². The molecule has 0 saturated heterocycles. The first-order valence-corrected chi connectivity index (χ1v) is 10.1. The highest BCUT2D eigenvalue weighted by Gasteiger charge is 2.27. The van der Waals surface area contributed by atoms with E-state index in [9.17, 15) is 9.59 Å². The van der Waals surface area contributed by atoms with Gasteiger partial charge in [-0.25, -0.2) is 4.79 Å². The Hall–Kier alpha value is -1.99. The second-order valence-electron chi connectivity index (χ2n) is 5.66. The Morgan fingerprint density at radius 2 is 2.08 bits per heavy atom. The van der Waals surface area contributed by atoms with Gasteiger partial charge in [0, 0.05) is 15.5 Å². The molecule has 0 fully saturated rings. The Morgan fingerprint density at radius 3 is 2.84 bits per heavy atom. The number of esters is 1. The molecule has 1 amide bonds. The topological polar surface area (TPSA) is 67.4 Å². The average Bonchev–Trinajstić information content (AvgIpc) is 3.20. The number of carbonyl (C=O) groups is 2. The molecule has 1 aromatic heterocycles. The number of para-hydroxylation sites is 1. The van der Waals surface area contributed by atoms with Crippen LogP contribution in [0.15, 0.2) is 29.2 Å². The number of methoxy groups -OCH3 is 1. The number of carbonyl (C=O) groups excluding carboxylic acids is 2. The Bertz CT molecular complexity index is 802. The van der Waals surface area contributed by atoms with E-state index in [1.54, 1.807) is 11.8 Å². The van der Waals surface area contributed by atoms with E-state index >= 15 is 0 Å². The maximum atomic E-state index is 12.3. The maximum absolute atomic E-state index is 12.3. The number of hydrogen-bond acceptors (Lipinski definition) is 6. The van der Waals surface area contributed by atoms with Crippen LogP contribution in [0.2, 0.25) is 0 Å². The average molecular weight is 377 g/mol. The van der Waals surface area contributed by atoms with E-state index in [-0.39, 0.29) is 18.4 Å². The molecule has 0 radical (unpaired) electrons. The van der Waals surface area contributed by atoms with Gasteiger partial charge >= 0.3 is 5.97 Å². The molecule has 0 saturated carbocycles. The molecule has 7 heteroatoms. The molecular weight excluding hydrogens is 356 g/mol. The predicted octanol–water partition coefficient (Wildman–Crippen LogP) is 3.80. The summed E-state index contributed by atoms with van der Waals surface area (Å²) in [6.45, 7) is 0.140. The number of thiophene rings is 1. The van der Waals surface area contributed by atoms with Gasteiger partial charge in [0.25, 0.3) is 0 Å². The number of fused-ring (bicyclic) bond motifs is 1. The predicted molar refractivity (Wildman–Crippen MR) is 103 cm³/mol. The molecule has 3 rings (SSSR count). The van der Waals surface area contributed by atoms with Crippen molar-refractivity contribution in [1.29, 1.82) is 0 Å². The van der Waals surface area contributed by atoms with Crippen LogP contribution in [0.5, 0.6) is 0 Å². The molecule has 1 aromatic carbocycles. The number of thioether (sulfide) groups is 1. The van der Waals surface area contributed by atoms with Crippen molar-refractivity contribution in [3.8, 4) is 0 Å². The Balaban J connectivity index is 1.70. The molecule has 0 atom stereocenters. The van der Waals surface area contributed by atoms with E-state index in [0.29, 0.717) is 10.6 Å². The summed E-state index contributed by atoms with van der Waals surface area (Å²) >= 11 is 3.11. The summed E-state index contributed by atoms with van der Waals surface area (Å²) in [5, 5.41) is 6.62. The summed E-state index contributed by atoms with van der Waals surface area (Å²) in [5.41, 5.74) is 2.48. The molecule has 132 valence electrons. The van der Waals surface area contributed by atoms with Gasteiger partial charge in [0.2, 0.25) is 5.91 Å². The zero-order chi connectivity index (χ0) is 17.8. The summed E-state index contributed by atoms with van der Waals surface area (Å²) in [4.78, 5) is 26.7. The molecule has 0 unspecified atom stereocenters. The minimum absolute atomic E-state index is 0.140. The maximum Gasteiger partial charge on any atom is 0.341 e. The number of hydrogen-bond donors (Lipinski definition) is 2. The van der Waals surface area contributed by atoms with Crippen molar-refractivity contribution in [2.75, 3.05) is 30.5 Å². The van der Waals surface area contributed by atoms with Crippen LogP contribution in [-0.4, -0.2) is 31.8 Å². The number of anilines is 2. The molecule has 0 bridgehead atoms. The van der Waals surface area contributed by atoms with Gasteiger partial charge in [-0.05, 0) is 43.2 Å². The van der Waals surface area contributed by atoms with Crippen LogP contribution in [0.3, 0.4) is 0 Å². The summed E-state index contributed by atoms with van der Waals surface area (Å²) in [5.74, 6) is -0.559. The van der Waals surface area contributed by atoms with Gasteiger partial charge in [0.15, 0.2) is 0 Å². The molecule has 1 heterocycles. The lowest BCUT2D eigenvalue weighted by Crippen LogP contribution is -2.22. The van der Waals surface area contributed by atoms with Crippen LogP contribution in [0.4, 0.5) is 10.7 Å². The molecule has 2 aromatic rings. The fourth-order valence-electron chi connectivity index (χ4n) is 2.95. The summed E-state index contributed by atoms with van der Waals surface area (Å²) in [6, 6.07) is 7.84. The Labute approximate surface area is 155 Å². The third-order valence-electron chi connectivity index (χ3n) is 4.11. The third-order valence-corrected chi connectivity index (χ3v) is 6.11. The number of rotatable bonds is 6. The van der Waals surface area contributed by atoms with Crippen LogP contribution >= 0.6 is 23.1 Å². The third kappa shape index (κ3) is 3.82. The highest BCUT2D eigenvalue weighted by atomic mass is 32.2. The number of aryl methyl sites for hydroxylation is 1. The van der Waals surface area contributed by atoms with Crippen LogP contribution in [-0.2, 0) is 22.4 Å². The van der Waals surface area contributed by atoms with Gasteiger partial charge < -0.3 is 15.4 Å². The van der Waals surface area contributed by atoms with Crippen molar-refractivity contribution in [3.63, 3.8) is 0 Å². The lowest BCUT2D eigenvalue weighted by molar-refractivity contribution is -0.114. The Morgan fingerprint density at radius 1 is 1.28 bits per heavy atom. The SMILES string of the molecule is COC(=O)c1c(NC(=O)CNc2ccccc2SC)sc2c1CCC2. The van der Waals surface area contributed by atoms with Gasteiger partial charge in [-0.3, -0.25) is 4.79 Å². The van der Waals surface area contributed by atoms with Crippen molar-refractivity contribution in [2.24, 2.45) is 0 Å². The van der Waals surface area contributed by atoms with Gasteiger partial charge in [0.05, 0.1) is 19.2 Å². The van der Waals surface area contributed by atoms with Crippen molar-refractivity contribution in [3.05, 3.63) is 40.3 Å². The summed E-state index contributed by atoms with van der Waals surface area (Å²) in [7, 11) is 1.37. The lowest BCUT2D eigenvalue weighted by atomic mass is 10.1. The van der Waals surface area contributed by atoms with Crippen LogP contribution in [0, 0.1) is 0 Å². The zero-order valence-corrected chi connectivity index (χ0v) is 15.8. The number of amides is 1. The van der Waals surface area contributed by atoms with E-state index in [2.05, 4.69) is 10.6 Å². The molecule has 2 N–H and O–H groups in total. The smallest absolute Gasteiger partial charge is 0.341 e. The second kappa shape index (κ2) is 7.93. The number of nitrogens with one attached hydrogen (secondary N) is 2. The highest BCUT2D eigenvalue weighted by molar-refractivity contribution is 7.98. The van der Waals surface area contributed by atoms with Crippen molar-refractivity contribution in [2.45, 2.75) is 24.2 Å². The molecule has 1 aliphatic carbocycles. The fourth-order valence-corrected chi connectivity index (χ4v) is 4.82. The Kier molecular flexibility index (Phi) is 5.65. The van der Waals surface area contributed by atoms with Gasteiger partial charge in [0.1, 0.15) is 5.00 Å². The van der Waals surface area contributed by atoms with Crippen molar-refractivity contribution < 1.29 is 14.3 Å². The van der Waals surface area contributed by atoms with Crippen LogP contribution in [0.1, 0.15) is 27.2 Å². The van der Waals surface area contributed by atoms with Crippen molar-refractivity contribution >= 4 is 45.7 Å². The first kappa shape index (κ1) is 17.8. The summed E-state index contributed by atoms with van der Waals surface area (Å²) in [6.07, 6.45) is 4.87. The quantitative estimate of drug-likeness (QED) is 0.593. The molecule has 0 spiro atoms. The first-order chi connectivity index (χ1) is 12.1. The minimum atomic E-state index is -0.379. The normalized spacial score (nSPS) is 12.6. The van der Waals surface area contributed by atoms with Gasteiger partial charge in [-0.1, -0.05) is 12.1 Å². The molecule has 0 aliphatic heterocycles. The van der Waals surface area contributed by atoms with Crippen LogP contribution in [0.25, 0.3) is 0 Å². The first-order valence-electron chi connectivity index (χ1n) is 8.03. The van der Waals surface area contributed by atoms with E-state index < -0.39 is 0 Å². The molecule has 5 nitrogen and oxygen atoms in total. The van der Waals surface area contributed by atoms with E-state index in [1.165, 1.54) is 23.3 Å². The number of ether oxygens (including phenoxy) is 1. The molecule has 1 aliphatic rings. The second-order valence-corrected chi connectivity index (χ2v) is 7.61. The van der Waals surface area contributed by atoms with Gasteiger partial charge in [-0.2, -0.15) is 0 Å². The number of benzene rings is 1. The van der Waals surface area contributed by atoms with E-state index in [1.807, 2.05) is 30.5 Å². The van der Waals surface area contributed by atoms with Gasteiger partial charge in [-0.15, -0.1) is 23.1 Å². The monoisotopic (exact) mass is 376 g/mol. The zero-order valence-electron chi connectivity index (χ0n) is 14.2. The highest BCUT2D eigenvalue weighted by Crippen LogP contribution is 2.39.